The first kappa shape index (κ1) is 14.7. The van der Waals surface area contributed by atoms with Crippen LogP contribution < -0.4 is 5.32 Å². The van der Waals surface area contributed by atoms with Crippen LogP contribution in [0.3, 0.4) is 0 Å². The molecule has 1 N–H and O–H groups in total. The van der Waals surface area contributed by atoms with E-state index in [0.29, 0.717) is 10.0 Å². The monoisotopic (exact) mass is 335 g/mol. The zero-order valence-corrected chi connectivity index (χ0v) is 12.7. The van der Waals surface area contributed by atoms with Gasteiger partial charge in [0.05, 0.1) is 10.5 Å². The van der Waals surface area contributed by atoms with Crippen LogP contribution in [0.2, 0.25) is 0 Å². The van der Waals surface area contributed by atoms with Gasteiger partial charge in [-0.05, 0) is 46.1 Å². The molecule has 20 heavy (non-hydrogen) atoms. The summed E-state index contributed by atoms with van der Waals surface area (Å²) in [5.74, 6) is -0.711. The van der Waals surface area contributed by atoms with Crippen LogP contribution in [-0.4, -0.2) is 5.91 Å². The van der Waals surface area contributed by atoms with Crippen LogP contribution in [-0.2, 0) is 0 Å². The van der Waals surface area contributed by atoms with Crippen LogP contribution in [0, 0.1) is 5.82 Å². The third kappa shape index (κ3) is 3.45. The first-order valence-corrected chi connectivity index (χ1v) is 7.22. The zero-order valence-electron chi connectivity index (χ0n) is 11.1. The predicted molar refractivity (Wildman–Crippen MR) is 81.0 cm³/mol. The number of hydrogen-bond acceptors (Lipinski definition) is 1. The Morgan fingerprint density at radius 2 is 1.95 bits per heavy atom. The Kier molecular flexibility index (Phi) is 4.90. The van der Waals surface area contributed by atoms with Gasteiger partial charge in [-0.2, -0.15) is 0 Å². The molecule has 0 radical (unpaired) electrons. The number of rotatable bonds is 4. The topological polar surface area (TPSA) is 29.1 Å². The lowest BCUT2D eigenvalue weighted by Crippen LogP contribution is -2.28. The van der Waals surface area contributed by atoms with Crippen LogP contribution in [0.15, 0.2) is 53.0 Å². The highest BCUT2D eigenvalue weighted by Crippen LogP contribution is 2.19. The largest absolute Gasteiger partial charge is 0.345 e. The maximum atomic E-state index is 13.5. The van der Waals surface area contributed by atoms with Crippen molar-refractivity contribution >= 4 is 21.8 Å². The van der Waals surface area contributed by atoms with Crippen molar-refractivity contribution in [2.75, 3.05) is 0 Å². The van der Waals surface area contributed by atoms with Crippen molar-refractivity contribution in [2.45, 2.75) is 19.4 Å². The second-order valence-electron chi connectivity index (χ2n) is 4.47. The van der Waals surface area contributed by atoms with E-state index in [4.69, 9.17) is 0 Å². The van der Waals surface area contributed by atoms with Gasteiger partial charge in [0.2, 0.25) is 0 Å². The second-order valence-corrected chi connectivity index (χ2v) is 5.33. The number of carbonyl (C=O) groups is 1. The van der Waals surface area contributed by atoms with Crippen molar-refractivity contribution in [3.8, 4) is 0 Å². The number of hydrogen-bond donors (Lipinski definition) is 1. The average Bonchev–Trinajstić information content (AvgIpc) is 2.48. The third-order valence-electron chi connectivity index (χ3n) is 3.10. The molecule has 0 aliphatic rings. The molecule has 2 aromatic carbocycles. The van der Waals surface area contributed by atoms with Gasteiger partial charge in [-0.3, -0.25) is 4.79 Å². The summed E-state index contributed by atoms with van der Waals surface area (Å²) in [7, 11) is 0. The number of benzene rings is 2. The van der Waals surface area contributed by atoms with Gasteiger partial charge in [0.15, 0.2) is 0 Å². The van der Waals surface area contributed by atoms with Gasteiger partial charge in [0, 0.05) is 5.56 Å². The summed E-state index contributed by atoms with van der Waals surface area (Å²) in [5, 5.41) is 2.93. The van der Waals surface area contributed by atoms with Crippen LogP contribution >= 0.6 is 15.9 Å². The fourth-order valence-corrected chi connectivity index (χ4v) is 2.23. The molecule has 0 spiro atoms. The molecular weight excluding hydrogens is 321 g/mol. The summed E-state index contributed by atoms with van der Waals surface area (Å²) in [5.41, 5.74) is 1.36. The van der Waals surface area contributed by atoms with E-state index in [2.05, 4.69) is 21.2 Å². The van der Waals surface area contributed by atoms with E-state index in [0.717, 1.165) is 12.0 Å². The van der Waals surface area contributed by atoms with E-state index in [1.165, 1.54) is 12.1 Å². The molecule has 104 valence electrons. The molecule has 4 heteroatoms. The van der Waals surface area contributed by atoms with Crippen molar-refractivity contribution in [2.24, 2.45) is 0 Å². The molecule has 0 aliphatic carbocycles. The lowest BCUT2D eigenvalue weighted by molar-refractivity contribution is 0.0935. The highest BCUT2D eigenvalue weighted by Gasteiger charge is 2.14. The first-order chi connectivity index (χ1) is 9.61. The number of halogens is 2. The maximum Gasteiger partial charge on any atom is 0.251 e. The van der Waals surface area contributed by atoms with E-state index in [1.807, 2.05) is 37.3 Å². The van der Waals surface area contributed by atoms with Crippen molar-refractivity contribution in [1.82, 2.24) is 5.32 Å². The first-order valence-electron chi connectivity index (χ1n) is 6.42. The molecular formula is C16H15BrFNO. The molecule has 0 bridgehead atoms. The Bertz CT molecular complexity index is 601. The molecule has 0 saturated heterocycles. The van der Waals surface area contributed by atoms with Crippen molar-refractivity contribution in [3.05, 3.63) is 69.9 Å². The molecule has 0 aliphatic heterocycles. The normalized spacial score (nSPS) is 11.9. The maximum absolute atomic E-state index is 13.5. The van der Waals surface area contributed by atoms with Gasteiger partial charge in [0.25, 0.3) is 5.91 Å². The molecule has 2 aromatic rings. The Morgan fingerprint density at radius 3 is 2.55 bits per heavy atom. The number of carbonyl (C=O) groups excluding carboxylic acids is 1. The SMILES string of the molecule is CCC(NC(=O)c1ccc(Br)c(F)c1)c1ccccc1. The molecule has 0 heterocycles. The van der Waals surface area contributed by atoms with E-state index in [9.17, 15) is 9.18 Å². The quantitative estimate of drug-likeness (QED) is 0.877. The smallest absolute Gasteiger partial charge is 0.251 e. The Morgan fingerprint density at radius 1 is 1.25 bits per heavy atom. The van der Waals surface area contributed by atoms with E-state index < -0.39 is 5.82 Å². The van der Waals surface area contributed by atoms with Crippen molar-refractivity contribution in [1.29, 1.82) is 0 Å². The molecule has 0 saturated carbocycles. The minimum absolute atomic E-state index is 0.0737. The third-order valence-corrected chi connectivity index (χ3v) is 3.74. The van der Waals surface area contributed by atoms with Gasteiger partial charge < -0.3 is 5.32 Å². The van der Waals surface area contributed by atoms with Crippen molar-refractivity contribution in [3.63, 3.8) is 0 Å². The van der Waals surface area contributed by atoms with Gasteiger partial charge in [-0.1, -0.05) is 37.3 Å². The van der Waals surface area contributed by atoms with Gasteiger partial charge in [0.1, 0.15) is 5.82 Å². The van der Waals surface area contributed by atoms with E-state index in [-0.39, 0.29) is 11.9 Å². The summed E-state index contributed by atoms with van der Waals surface area (Å²) in [6.45, 7) is 2.00. The lowest BCUT2D eigenvalue weighted by atomic mass is 10.0. The molecule has 0 fully saturated rings. The fraction of sp³-hybridized carbons (Fsp3) is 0.188. The second kappa shape index (κ2) is 6.66. The summed E-state index contributed by atoms with van der Waals surface area (Å²) in [4.78, 5) is 12.2. The summed E-state index contributed by atoms with van der Waals surface area (Å²) in [6, 6.07) is 14.0. The minimum Gasteiger partial charge on any atom is -0.345 e. The fourth-order valence-electron chi connectivity index (χ4n) is 1.99. The summed E-state index contributed by atoms with van der Waals surface area (Å²) < 4.78 is 13.8. The van der Waals surface area contributed by atoms with Crippen molar-refractivity contribution < 1.29 is 9.18 Å². The van der Waals surface area contributed by atoms with Crippen LogP contribution in [0.25, 0.3) is 0 Å². The molecule has 1 atom stereocenters. The standard InChI is InChI=1S/C16H15BrFNO/c1-2-15(11-6-4-3-5-7-11)19-16(20)12-8-9-13(17)14(18)10-12/h3-10,15H,2H2,1H3,(H,19,20). The highest BCUT2D eigenvalue weighted by molar-refractivity contribution is 9.10. The lowest BCUT2D eigenvalue weighted by Gasteiger charge is -2.17. The van der Waals surface area contributed by atoms with Crippen LogP contribution in [0.4, 0.5) is 4.39 Å². The van der Waals surface area contributed by atoms with Gasteiger partial charge in [-0.15, -0.1) is 0 Å². The van der Waals surface area contributed by atoms with Gasteiger partial charge >= 0.3 is 0 Å². The molecule has 1 amide bonds. The van der Waals surface area contributed by atoms with Crippen LogP contribution in [0.5, 0.6) is 0 Å². The van der Waals surface area contributed by atoms with Crippen LogP contribution in [0.1, 0.15) is 35.3 Å². The zero-order chi connectivity index (χ0) is 14.5. The number of amides is 1. The van der Waals surface area contributed by atoms with E-state index >= 15 is 0 Å². The molecule has 2 rings (SSSR count). The predicted octanol–water partition coefficient (Wildman–Crippen LogP) is 4.47. The summed E-state index contributed by atoms with van der Waals surface area (Å²) in [6.07, 6.45) is 0.773. The van der Waals surface area contributed by atoms with E-state index in [1.54, 1.807) is 6.07 Å². The number of nitrogens with one attached hydrogen (secondary N) is 1. The highest BCUT2D eigenvalue weighted by atomic mass is 79.9. The summed E-state index contributed by atoms with van der Waals surface area (Å²) >= 11 is 3.07. The molecule has 0 aromatic heterocycles. The minimum atomic E-state index is -0.439. The Balaban J connectivity index is 2.15. The Labute approximate surface area is 126 Å². The van der Waals surface area contributed by atoms with Gasteiger partial charge in [-0.25, -0.2) is 4.39 Å². The molecule has 1 unspecified atom stereocenters. The molecule has 2 nitrogen and oxygen atoms in total. The Hall–Kier alpha value is -1.68. The average molecular weight is 336 g/mol.